The van der Waals surface area contributed by atoms with Crippen LogP contribution >= 0.6 is 15.9 Å². The minimum absolute atomic E-state index is 0.105. The number of rotatable bonds is 5. The molecule has 0 saturated carbocycles. The van der Waals surface area contributed by atoms with Gasteiger partial charge < -0.3 is 15.4 Å². The van der Waals surface area contributed by atoms with Crippen LogP contribution in [-0.4, -0.2) is 19.7 Å². The van der Waals surface area contributed by atoms with Crippen molar-refractivity contribution in [2.45, 2.75) is 32.6 Å². The number of benzene rings is 2. The van der Waals surface area contributed by atoms with Gasteiger partial charge >= 0.3 is 6.03 Å². The quantitative estimate of drug-likeness (QED) is 0.726. The lowest BCUT2D eigenvalue weighted by Gasteiger charge is -2.19. The highest BCUT2D eigenvalue weighted by atomic mass is 79.9. The molecule has 0 aliphatic heterocycles. The number of nitrogens with one attached hydrogen (secondary N) is 2. The summed E-state index contributed by atoms with van der Waals surface area (Å²) >= 11 is 3.47. The number of amides is 2. The first-order valence-corrected chi connectivity index (χ1v) is 9.06. The Kier molecular flexibility index (Phi) is 6.48. The molecule has 0 heterocycles. The van der Waals surface area contributed by atoms with Crippen LogP contribution in [0.1, 0.15) is 31.9 Å². The molecule has 2 rings (SSSR count). The van der Waals surface area contributed by atoms with Gasteiger partial charge in [0.2, 0.25) is 0 Å². The lowest BCUT2D eigenvalue weighted by molar-refractivity contribution is 0.252. The molecule has 0 atom stereocenters. The molecule has 0 radical (unpaired) electrons. The fourth-order valence-corrected chi connectivity index (χ4v) is 3.00. The van der Waals surface area contributed by atoms with Gasteiger partial charge in [-0.05, 0) is 63.2 Å². The standard InChI is InChI=1S/C20H25BrN2O2/c1-20(2,3)15-6-8-16(9-7-15)23-19(24)22-12-11-14-5-10-18(25-4)17(21)13-14/h5-10,13H,11-12H2,1-4H3,(H2,22,23,24). The summed E-state index contributed by atoms with van der Waals surface area (Å²) in [6.45, 7) is 7.06. The summed E-state index contributed by atoms with van der Waals surface area (Å²) in [6, 6.07) is 13.7. The van der Waals surface area contributed by atoms with E-state index in [2.05, 4.69) is 47.3 Å². The van der Waals surface area contributed by atoms with Crippen LogP contribution < -0.4 is 15.4 Å². The average molecular weight is 405 g/mol. The molecule has 0 unspecified atom stereocenters. The Labute approximate surface area is 158 Å². The smallest absolute Gasteiger partial charge is 0.319 e. The van der Waals surface area contributed by atoms with Crippen molar-refractivity contribution in [1.29, 1.82) is 0 Å². The topological polar surface area (TPSA) is 50.4 Å². The highest BCUT2D eigenvalue weighted by molar-refractivity contribution is 9.10. The van der Waals surface area contributed by atoms with Gasteiger partial charge in [0, 0.05) is 12.2 Å². The van der Waals surface area contributed by atoms with Gasteiger partial charge in [-0.15, -0.1) is 0 Å². The van der Waals surface area contributed by atoms with Crippen molar-refractivity contribution in [2.75, 3.05) is 19.0 Å². The number of ether oxygens (including phenoxy) is 1. The molecule has 0 spiro atoms. The fourth-order valence-electron chi connectivity index (χ4n) is 2.41. The average Bonchev–Trinajstić information content (AvgIpc) is 2.54. The summed E-state index contributed by atoms with van der Waals surface area (Å²) in [7, 11) is 1.64. The molecule has 0 aliphatic carbocycles. The van der Waals surface area contributed by atoms with Crippen LogP contribution in [0.2, 0.25) is 0 Å². The maximum Gasteiger partial charge on any atom is 0.319 e. The number of methoxy groups -OCH3 is 1. The maximum absolute atomic E-state index is 12.0. The van der Waals surface area contributed by atoms with E-state index in [4.69, 9.17) is 4.74 Å². The van der Waals surface area contributed by atoms with E-state index in [9.17, 15) is 4.79 Å². The van der Waals surface area contributed by atoms with E-state index in [1.807, 2.05) is 42.5 Å². The van der Waals surface area contributed by atoms with Crippen molar-refractivity contribution in [2.24, 2.45) is 0 Å². The zero-order chi connectivity index (χ0) is 18.4. The monoisotopic (exact) mass is 404 g/mol. The van der Waals surface area contributed by atoms with Crippen LogP contribution in [0.4, 0.5) is 10.5 Å². The largest absolute Gasteiger partial charge is 0.496 e. The normalized spacial score (nSPS) is 11.1. The second kappa shape index (κ2) is 8.39. The van der Waals surface area contributed by atoms with E-state index >= 15 is 0 Å². The molecule has 0 bridgehead atoms. The van der Waals surface area contributed by atoms with Crippen molar-refractivity contribution < 1.29 is 9.53 Å². The van der Waals surface area contributed by atoms with Crippen LogP contribution in [0.3, 0.4) is 0 Å². The number of hydrogen-bond donors (Lipinski definition) is 2. The van der Waals surface area contributed by atoms with Crippen molar-refractivity contribution in [3.63, 3.8) is 0 Å². The van der Waals surface area contributed by atoms with Gasteiger partial charge in [-0.3, -0.25) is 0 Å². The van der Waals surface area contributed by atoms with Crippen molar-refractivity contribution >= 4 is 27.6 Å². The van der Waals surface area contributed by atoms with E-state index < -0.39 is 0 Å². The predicted octanol–water partition coefficient (Wildman–Crippen LogP) is 5.12. The van der Waals surface area contributed by atoms with Gasteiger partial charge in [-0.25, -0.2) is 4.79 Å². The molecule has 0 fully saturated rings. The molecule has 0 aliphatic rings. The molecular weight excluding hydrogens is 380 g/mol. The summed E-state index contributed by atoms with van der Waals surface area (Å²) in [5.41, 5.74) is 3.26. The minimum Gasteiger partial charge on any atom is -0.496 e. The zero-order valence-corrected chi connectivity index (χ0v) is 16.7. The number of carbonyl (C=O) groups is 1. The van der Waals surface area contributed by atoms with Crippen LogP contribution in [0.25, 0.3) is 0 Å². The molecule has 5 heteroatoms. The van der Waals surface area contributed by atoms with Gasteiger partial charge in [-0.2, -0.15) is 0 Å². The number of carbonyl (C=O) groups excluding carboxylic acids is 1. The molecule has 2 N–H and O–H groups in total. The predicted molar refractivity (Wildman–Crippen MR) is 107 cm³/mol. The molecule has 2 aromatic carbocycles. The minimum atomic E-state index is -0.198. The highest BCUT2D eigenvalue weighted by Gasteiger charge is 2.13. The number of anilines is 1. The molecule has 2 aromatic rings. The number of urea groups is 1. The number of halogens is 1. The third-order valence-electron chi connectivity index (χ3n) is 3.92. The molecule has 2 amide bonds. The SMILES string of the molecule is COc1ccc(CCNC(=O)Nc2ccc(C(C)(C)C)cc2)cc1Br. The molecular formula is C20H25BrN2O2. The second-order valence-electron chi connectivity index (χ2n) is 6.93. The van der Waals surface area contributed by atoms with Crippen LogP contribution in [0.5, 0.6) is 5.75 Å². The van der Waals surface area contributed by atoms with Gasteiger partial charge in [0.05, 0.1) is 11.6 Å². The van der Waals surface area contributed by atoms with E-state index in [0.717, 1.165) is 27.9 Å². The molecule has 134 valence electrons. The maximum atomic E-state index is 12.0. The Morgan fingerprint density at radius 2 is 1.80 bits per heavy atom. The third-order valence-corrected chi connectivity index (χ3v) is 4.54. The van der Waals surface area contributed by atoms with Crippen molar-refractivity contribution in [3.8, 4) is 5.75 Å². The van der Waals surface area contributed by atoms with Crippen molar-refractivity contribution in [1.82, 2.24) is 5.32 Å². The first-order chi connectivity index (χ1) is 11.8. The Morgan fingerprint density at radius 3 is 2.36 bits per heavy atom. The van der Waals surface area contributed by atoms with E-state index in [-0.39, 0.29) is 11.4 Å². The van der Waals surface area contributed by atoms with Gasteiger partial charge in [-0.1, -0.05) is 39.0 Å². The Hall–Kier alpha value is -2.01. The number of hydrogen-bond acceptors (Lipinski definition) is 2. The van der Waals surface area contributed by atoms with Gasteiger partial charge in [0.25, 0.3) is 0 Å². The third kappa shape index (κ3) is 5.78. The summed E-state index contributed by atoms with van der Waals surface area (Å²) in [5.74, 6) is 0.799. The first kappa shape index (κ1) is 19.3. The highest BCUT2D eigenvalue weighted by Crippen LogP contribution is 2.25. The van der Waals surface area contributed by atoms with Crippen LogP contribution in [0.15, 0.2) is 46.9 Å². The van der Waals surface area contributed by atoms with Crippen molar-refractivity contribution in [3.05, 3.63) is 58.1 Å². The molecule has 0 saturated heterocycles. The lowest BCUT2D eigenvalue weighted by Crippen LogP contribution is -2.30. The van der Waals surface area contributed by atoms with E-state index in [1.54, 1.807) is 7.11 Å². The lowest BCUT2D eigenvalue weighted by atomic mass is 9.87. The van der Waals surface area contributed by atoms with E-state index in [0.29, 0.717) is 6.54 Å². The molecule has 25 heavy (non-hydrogen) atoms. The fraction of sp³-hybridized carbons (Fsp3) is 0.350. The van der Waals surface area contributed by atoms with Crippen LogP contribution in [-0.2, 0) is 11.8 Å². The zero-order valence-electron chi connectivity index (χ0n) is 15.2. The second-order valence-corrected chi connectivity index (χ2v) is 7.78. The summed E-state index contributed by atoms with van der Waals surface area (Å²) in [5, 5.41) is 5.73. The molecule has 0 aromatic heterocycles. The Morgan fingerprint density at radius 1 is 1.12 bits per heavy atom. The van der Waals surface area contributed by atoms with Gasteiger partial charge in [0.15, 0.2) is 0 Å². The molecule has 4 nitrogen and oxygen atoms in total. The Bertz CT molecular complexity index is 721. The summed E-state index contributed by atoms with van der Waals surface area (Å²) in [4.78, 5) is 12.0. The van der Waals surface area contributed by atoms with Gasteiger partial charge in [0.1, 0.15) is 5.75 Å². The summed E-state index contributed by atoms with van der Waals surface area (Å²) < 4.78 is 6.12. The Balaban J connectivity index is 1.82. The summed E-state index contributed by atoms with van der Waals surface area (Å²) in [6.07, 6.45) is 0.749. The van der Waals surface area contributed by atoms with Crippen LogP contribution in [0, 0.1) is 0 Å². The first-order valence-electron chi connectivity index (χ1n) is 8.27. The van der Waals surface area contributed by atoms with E-state index in [1.165, 1.54) is 5.56 Å².